The van der Waals surface area contributed by atoms with Crippen LogP contribution in [0.1, 0.15) is 16.8 Å². The number of hydrogen-bond acceptors (Lipinski definition) is 5. The van der Waals surface area contributed by atoms with E-state index < -0.39 is 0 Å². The second-order valence-corrected chi connectivity index (χ2v) is 8.33. The zero-order valence-electron chi connectivity index (χ0n) is 19.8. The lowest BCUT2D eigenvalue weighted by atomic mass is 9.95. The maximum absolute atomic E-state index is 13.3. The molecule has 0 unspecified atom stereocenters. The summed E-state index contributed by atoms with van der Waals surface area (Å²) >= 11 is 0. The summed E-state index contributed by atoms with van der Waals surface area (Å²) in [7, 11) is 0. The van der Waals surface area contributed by atoms with Gasteiger partial charge in [-0.3, -0.25) is 5.41 Å². The molecular weight excluding hydrogens is 467 g/mol. The van der Waals surface area contributed by atoms with E-state index in [-0.39, 0.29) is 17.3 Å². The van der Waals surface area contributed by atoms with Gasteiger partial charge in [0.05, 0.1) is 22.5 Å². The normalized spacial score (nSPS) is 14.2. The van der Waals surface area contributed by atoms with E-state index in [0.717, 1.165) is 22.6 Å². The monoisotopic (exact) mass is 491 g/mol. The van der Waals surface area contributed by atoms with Crippen LogP contribution in [-0.2, 0) is 6.61 Å². The molecule has 4 N–H and O–H groups in total. The van der Waals surface area contributed by atoms with Crippen LogP contribution in [0.3, 0.4) is 0 Å². The number of benzene rings is 3. The van der Waals surface area contributed by atoms with Gasteiger partial charge >= 0.3 is 0 Å². The van der Waals surface area contributed by atoms with Gasteiger partial charge in [0.2, 0.25) is 5.95 Å². The van der Waals surface area contributed by atoms with Crippen LogP contribution in [0.4, 0.5) is 16.0 Å². The number of rotatable bonds is 7. The van der Waals surface area contributed by atoms with Crippen molar-refractivity contribution in [3.8, 4) is 5.75 Å². The minimum Gasteiger partial charge on any atom is -0.592 e. The van der Waals surface area contributed by atoms with Gasteiger partial charge in [-0.1, -0.05) is 42.5 Å². The second-order valence-electron chi connectivity index (χ2n) is 8.33. The number of halogens is 1. The van der Waals surface area contributed by atoms with E-state index in [1.165, 1.54) is 24.3 Å². The molecule has 37 heavy (non-hydrogen) atoms. The van der Waals surface area contributed by atoms with Gasteiger partial charge in [0, 0.05) is 23.5 Å². The number of ether oxygens (including phenoxy) is 1. The zero-order valence-corrected chi connectivity index (χ0v) is 19.8. The Morgan fingerprint density at radius 3 is 2.57 bits per heavy atom. The third kappa shape index (κ3) is 5.79. The van der Waals surface area contributed by atoms with E-state index in [1.807, 2.05) is 54.6 Å². The first-order valence-electron chi connectivity index (χ1n) is 11.6. The van der Waals surface area contributed by atoms with Crippen molar-refractivity contribution in [3.05, 3.63) is 138 Å². The largest absolute Gasteiger partial charge is 0.592 e. The average Bonchev–Trinajstić information content (AvgIpc) is 2.93. The van der Waals surface area contributed by atoms with Crippen LogP contribution in [0.5, 0.6) is 5.75 Å². The van der Waals surface area contributed by atoms with Crippen molar-refractivity contribution in [2.75, 3.05) is 5.32 Å². The highest BCUT2D eigenvalue weighted by Crippen LogP contribution is 2.28. The molecule has 3 aromatic carbocycles. The van der Waals surface area contributed by atoms with Gasteiger partial charge < -0.3 is 15.2 Å². The first-order chi connectivity index (χ1) is 18.0. The summed E-state index contributed by atoms with van der Waals surface area (Å²) in [6.45, 7) is 0.470. The molecule has 0 saturated heterocycles. The molecule has 7 heteroatoms. The van der Waals surface area contributed by atoms with Crippen LogP contribution in [-0.4, -0.2) is 20.8 Å². The molecule has 182 valence electrons. The topological polar surface area (TPSA) is 93.8 Å². The molecule has 0 saturated carbocycles. The number of nitrogens with one attached hydrogen (secondary N) is 2. The van der Waals surface area contributed by atoms with E-state index in [4.69, 9.17) is 15.3 Å². The minimum absolute atomic E-state index is 0.145. The Bertz CT molecular complexity index is 1530. The molecular formula is C30H24FN4O2+. The van der Waals surface area contributed by atoms with Crippen molar-refractivity contribution >= 4 is 28.7 Å². The number of nitrogens with zero attached hydrogens (tertiary/aromatic N) is 2. The fourth-order valence-corrected chi connectivity index (χ4v) is 3.80. The molecule has 0 radical (unpaired) electrons. The summed E-state index contributed by atoms with van der Waals surface area (Å²) in [5.74, 6) is 0.903. The quantitative estimate of drug-likeness (QED) is 0.243. The van der Waals surface area contributed by atoms with Gasteiger partial charge in [-0.05, 0) is 60.2 Å². The third-order valence-corrected chi connectivity index (χ3v) is 5.71. The highest BCUT2D eigenvalue weighted by Gasteiger charge is 2.19. The van der Waals surface area contributed by atoms with Crippen LogP contribution in [0, 0.1) is 11.2 Å². The zero-order chi connectivity index (χ0) is 25.6. The molecule has 1 heterocycles. The SMILES string of the molecule is N=C1C=CC(c2ccnc(Nc3cccc(OCc4ccccc4)c3)n2)=C/C1=C(/[OH2+])c1ccc(F)cc1. The predicted molar refractivity (Wildman–Crippen MR) is 144 cm³/mol. The fourth-order valence-electron chi connectivity index (χ4n) is 3.80. The minimum atomic E-state index is -0.370. The van der Waals surface area contributed by atoms with Gasteiger partial charge in [0.15, 0.2) is 0 Å². The predicted octanol–water partition coefficient (Wildman–Crippen LogP) is 6.05. The maximum atomic E-state index is 13.3. The molecule has 5 rings (SSSR count). The lowest BCUT2D eigenvalue weighted by molar-refractivity contribution is 0.306. The van der Waals surface area contributed by atoms with E-state index in [0.29, 0.717) is 29.4 Å². The first-order valence-corrected chi connectivity index (χ1v) is 11.6. The molecule has 1 aromatic heterocycles. The van der Waals surface area contributed by atoms with Gasteiger partial charge in [0.25, 0.3) is 5.76 Å². The molecule has 0 atom stereocenters. The number of allylic oxidation sites excluding steroid dienone is 5. The molecule has 0 fully saturated rings. The molecule has 1 aliphatic rings. The van der Waals surface area contributed by atoms with Crippen LogP contribution in [0.15, 0.2) is 115 Å². The fraction of sp³-hybridized carbons (Fsp3) is 0.0333. The Hall–Kier alpha value is -5.04. The van der Waals surface area contributed by atoms with Crippen LogP contribution >= 0.6 is 0 Å². The number of anilines is 2. The van der Waals surface area contributed by atoms with E-state index in [1.54, 1.807) is 30.5 Å². The maximum Gasteiger partial charge on any atom is 0.270 e. The molecule has 0 amide bonds. The molecule has 0 bridgehead atoms. The van der Waals surface area contributed by atoms with Gasteiger partial charge in [0.1, 0.15) is 18.2 Å². The van der Waals surface area contributed by atoms with Crippen molar-refractivity contribution in [2.45, 2.75) is 6.61 Å². The average molecular weight is 492 g/mol. The summed E-state index contributed by atoms with van der Waals surface area (Å²) in [5, 5.41) is 20.0. The van der Waals surface area contributed by atoms with E-state index >= 15 is 0 Å². The highest BCUT2D eigenvalue weighted by atomic mass is 19.1. The van der Waals surface area contributed by atoms with Crippen molar-refractivity contribution in [2.24, 2.45) is 0 Å². The molecule has 0 spiro atoms. The lowest BCUT2D eigenvalue weighted by Gasteiger charge is -2.12. The van der Waals surface area contributed by atoms with E-state index in [2.05, 4.69) is 15.3 Å². The Kier molecular flexibility index (Phi) is 6.85. The van der Waals surface area contributed by atoms with Crippen LogP contribution < -0.4 is 10.1 Å². The Labute approximate surface area is 213 Å². The molecule has 4 aromatic rings. The smallest absolute Gasteiger partial charge is 0.270 e. The van der Waals surface area contributed by atoms with Crippen molar-refractivity contribution in [1.82, 2.24) is 9.97 Å². The van der Waals surface area contributed by atoms with Gasteiger partial charge in [-0.15, -0.1) is 0 Å². The van der Waals surface area contributed by atoms with Crippen molar-refractivity contribution in [3.63, 3.8) is 0 Å². The van der Waals surface area contributed by atoms with Crippen LogP contribution in [0.25, 0.3) is 11.3 Å². The Morgan fingerprint density at radius 2 is 1.76 bits per heavy atom. The summed E-state index contributed by atoms with van der Waals surface area (Å²) in [5.41, 5.74) is 4.42. The Morgan fingerprint density at radius 1 is 0.946 bits per heavy atom. The molecule has 6 nitrogen and oxygen atoms in total. The Balaban J connectivity index is 1.35. The number of hydrogen-bond donors (Lipinski definition) is 2. The lowest BCUT2D eigenvalue weighted by Crippen LogP contribution is -2.06. The summed E-state index contributed by atoms with van der Waals surface area (Å²) in [6, 6.07) is 25.0. The van der Waals surface area contributed by atoms with Gasteiger partial charge in [-0.25, -0.2) is 14.4 Å². The highest BCUT2D eigenvalue weighted by molar-refractivity contribution is 6.16. The summed E-state index contributed by atoms with van der Waals surface area (Å²) < 4.78 is 19.2. The second kappa shape index (κ2) is 10.7. The summed E-state index contributed by atoms with van der Waals surface area (Å²) in [6.07, 6.45) is 6.82. The summed E-state index contributed by atoms with van der Waals surface area (Å²) in [4.78, 5) is 8.97. The molecule has 0 aliphatic heterocycles. The van der Waals surface area contributed by atoms with Crippen molar-refractivity contribution < 1.29 is 14.2 Å². The number of aromatic nitrogens is 2. The third-order valence-electron chi connectivity index (χ3n) is 5.71. The van der Waals surface area contributed by atoms with E-state index in [9.17, 15) is 4.39 Å². The first kappa shape index (κ1) is 23.7. The van der Waals surface area contributed by atoms with Crippen molar-refractivity contribution in [1.29, 1.82) is 5.41 Å². The standard InChI is InChI=1S/C30H23FN4O2/c31-23-12-9-21(10-13-23)29(36)26-17-22(11-14-27(26)32)28-15-16-33-30(35-28)34-24-7-4-8-25(18-24)37-19-20-5-2-1-3-6-20/h1-18,32,36H,19H2,(H,33,34,35)/p+1/b29-26-,32-27?. The van der Waals surface area contributed by atoms with Crippen LogP contribution in [0.2, 0.25) is 0 Å². The van der Waals surface area contributed by atoms with Gasteiger partial charge in [-0.2, -0.15) is 0 Å². The molecule has 1 aliphatic carbocycles.